The van der Waals surface area contributed by atoms with Crippen LogP contribution in [0.15, 0.2) is 54.7 Å². The fraction of sp³-hybridized carbons (Fsp3) is 0.100. The Bertz CT molecular complexity index is 1040. The van der Waals surface area contributed by atoms with Gasteiger partial charge in [0, 0.05) is 35.4 Å². The van der Waals surface area contributed by atoms with E-state index >= 15 is 0 Å². The summed E-state index contributed by atoms with van der Waals surface area (Å²) in [5, 5.41) is 5.65. The molecule has 1 aliphatic rings. The van der Waals surface area contributed by atoms with E-state index in [9.17, 15) is 13.6 Å². The Balaban J connectivity index is 1.49. The van der Waals surface area contributed by atoms with Crippen molar-refractivity contribution in [2.24, 2.45) is 0 Å². The number of hydrogen-bond acceptors (Lipinski definition) is 5. The summed E-state index contributed by atoms with van der Waals surface area (Å²) in [6, 6.07) is 11.7. The third kappa shape index (κ3) is 3.85. The van der Waals surface area contributed by atoms with Gasteiger partial charge in [-0.2, -0.15) is 0 Å². The number of rotatable bonds is 4. The maximum absolute atomic E-state index is 13.3. The van der Waals surface area contributed by atoms with Gasteiger partial charge in [0.05, 0.1) is 0 Å². The highest BCUT2D eigenvalue weighted by atomic mass is 19.2. The molecule has 2 heterocycles. The number of fused-ring (bicyclic) bond motifs is 1. The minimum Gasteiger partial charge on any atom is -0.486 e. The largest absolute Gasteiger partial charge is 0.486 e. The number of nitrogens with zero attached hydrogens (tertiary/aromatic N) is 1. The molecule has 6 nitrogen and oxygen atoms in total. The molecule has 28 heavy (non-hydrogen) atoms. The van der Waals surface area contributed by atoms with Gasteiger partial charge in [-0.1, -0.05) is 0 Å². The first-order chi connectivity index (χ1) is 13.6. The van der Waals surface area contributed by atoms with Gasteiger partial charge < -0.3 is 20.1 Å². The molecule has 142 valence electrons. The van der Waals surface area contributed by atoms with Crippen LogP contribution in [0.3, 0.4) is 0 Å². The second-order valence-electron chi connectivity index (χ2n) is 6.00. The van der Waals surface area contributed by atoms with Crippen LogP contribution in [0.5, 0.6) is 11.5 Å². The number of carbonyl (C=O) groups excluding carboxylic acids is 1. The zero-order valence-electron chi connectivity index (χ0n) is 14.5. The Morgan fingerprint density at radius 2 is 1.61 bits per heavy atom. The lowest BCUT2D eigenvalue weighted by Gasteiger charge is -2.19. The highest BCUT2D eigenvalue weighted by Gasteiger charge is 2.14. The van der Waals surface area contributed by atoms with Crippen LogP contribution in [-0.2, 0) is 0 Å². The van der Waals surface area contributed by atoms with Crippen LogP contribution in [0.25, 0.3) is 0 Å². The highest BCUT2D eigenvalue weighted by molar-refractivity contribution is 6.03. The van der Waals surface area contributed by atoms with E-state index in [0.717, 1.165) is 12.1 Å². The van der Waals surface area contributed by atoms with E-state index in [1.54, 1.807) is 24.3 Å². The lowest BCUT2D eigenvalue weighted by Crippen LogP contribution is -2.17. The van der Waals surface area contributed by atoms with Crippen molar-refractivity contribution in [1.82, 2.24) is 4.98 Å². The molecule has 8 heteroatoms. The molecule has 0 spiro atoms. The maximum Gasteiger partial charge on any atom is 0.274 e. The van der Waals surface area contributed by atoms with E-state index in [4.69, 9.17) is 9.47 Å². The number of hydrogen-bond donors (Lipinski definition) is 2. The van der Waals surface area contributed by atoms with Gasteiger partial charge in [0.25, 0.3) is 5.91 Å². The first-order valence-electron chi connectivity index (χ1n) is 8.47. The van der Waals surface area contributed by atoms with Crippen molar-refractivity contribution in [2.45, 2.75) is 0 Å². The Morgan fingerprint density at radius 1 is 0.857 bits per heavy atom. The van der Waals surface area contributed by atoms with E-state index in [-0.39, 0.29) is 5.69 Å². The van der Waals surface area contributed by atoms with Gasteiger partial charge in [0.1, 0.15) is 18.9 Å². The second-order valence-corrected chi connectivity index (χ2v) is 6.00. The number of ether oxygens (including phenoxy) is 2. The van der Waals surface area contributed by atoms with Crippen LogP contribution in [0.1, 0.15) is 10.5 Å². The maximum atomic E-state index is 13.3. The quantitative estimate of drug-likeness (QED) is 0.709. The third-order valence-electron chi connectivity index (χ3n) is 4.00. The Hall–Kier alpha value is -3.68. The van der Waals surface area contributed by atoms with E-state index in [0.29, 0.717) is 41.8 Å². The number of halogens is 2. The van der Waals surface area contributed by atoms with Crippen molar-refractivity contribution in [2.75, 3.05) is 23.8 Å². The molecule has 0 aliphatic carbocycles. The van der Waals surface area contributed by atoms with Gasteiger partial charge in [0.2, 0.25) is 0 Å². The van der Waals surface area contributed by atoms with Crippen molar-refractivity contribution >= 4 is 23.0 Å². The van der Waals surface area contributed by atoms with E-state index in [2.05, 4.69) is 15.6 Å². The molecule has 4 rings (SSSR count). The number of nitrogens with one attached hydrogen (secondary N) is 2. The van der Waals surface area contributed by atoms with Crippen molar-refractivity contribution in [3.63, 3.8) is 0 Å². The summed E-state index contributed by atoms with van der Waals surface area (Å²) < 4.78 is 37.3. The monoisotopic (exact) mass is 383 g/mol. The topological polar surface area (TPSA) is 72.5 Å². The predicted octanol–water partition coefficient (Wildman–Crippen LogP) is 4.13. The van der Waals surface area contributed by atoms with Crippen molar-refractivity contribution in [3.05, 3.63) is 72.1 Å². The highest BCUT2D eigenvalue weighted by Crippen LogP contribution is 2.32. The Morgan fingerprint density at radius 3 is 2.43 bits per heavy atom. The van der Waals surface area contributed by atoms with Crippen molar-refractivity contribution in [1.29, 1.82) is 0 Å². The molecule has 1 aromatic heterocycles. The van der Waals surface area contributed by atoms with Crippen LogP contribution in [0.4, 0.5) is 25.8 Å². The minimum absolute atomic E-state index is 0.155. The third-order valence-corrected chi connectivity index (χ3v) is 4.00. The number of pyridine rings is 1. The molecular weight excluding hydrogens is 368 g/mol. The van der Waals surface area contributed by atoms with Crippen LogP contribution >= 0.6 is 0 Å². The molecule has 1 aliphatic heterocycles. The molecule has 2 N–H and O–H groups in total. The molecule has 0 unspecified atom stereocenters. The fourth-order valence-electron chi connectivity index (χ4n) is 2.69. The van der Waals surface area contributed by atoms with Crippen LogP contribution < -0.4 is 20.1 Å². The number of anilines is 3. The molecular formula is C20H15F2N3O3. The number of carbonyl (C=O) groups is 1. The number of amides is 1. The number of aromatic nitrogens is 1. The average Bonchev–Trinajstić information content (AvgIpc) is 2.71. The normalized spacial score (nSPS) is 12.4. The van der Waals surface area contributed by atoms with Crippen LogP contribution in [-0.4, -0.2) is 24.1 Å². The van der Waals surface area contributed by atoms with Gasteiger partial charge >= 0.3 is 0 Å². The molecule has 2 aromatic carbocycles. The summed E-state index contributed by atoms with van der Waals surface area (Å²) in [7, 11) is 0. The molecule has 0 fully saturated rings. The Labute approximate surface area is 159 Å². The molecule has 0 bridgehead atoms. The summed E-state index contributed by atoms with van der Waals surface area (Å²) in [5.74, 6) is -1.13. The first-order valence-corrected chi connectivity index (χ1v) is 8.47. The van der Waals surface area contributed by atoms with Gasteiger partial charge in [-0.3, -0.25) is 9.78 Å². The standard InChI is InChI=1S/C20H15F2N3O3/c21-15-3-1-12(9-16(15)22)24-14-5-6-23-17(10-14)20(26)25-13-2-4-18-19(11-13)28-8-7-27-18/h1-6,9-11H,7-8H2,(H,23,24)(H,25,26). The van der Waals surface area contributed by atoms with E-state index in [1.165, 1.54) is 18.3 Å². The minimum atomic E-state index is -0.962. The Kier molecular flexibility index (Phi) is 4.76. The fourth-order valence-corrected chi connectivity index (χ4v) is 2.69. The first kappa shape index (κ1) is 17.7. The summed E-state index contributed by atoms with van der Waals surface area (Å²) in [4.78, 5) is 16.6. The van der Waals surface area contributed by atoms with Crippen molar-refractivity contribution in [3.8, 4) is 11.5 Å². The van der Waals surface area contributed by atoms with E-state index in [1.807, 2.05) is 0 Å². The zero-order chi connectivity index (χ0) is 19.5. The van der Waals surface area contributed by atoms with Gasteiger partial charge in [0.15, 0.2) is 23.1 Å². The average molecular weight is 383 g/mol. The number of benzene rings is 2. The van der Waals surface area contributed by atoms with Gasteiger partial charge in [-0.05, 0) is 36.4 Å². The van der Waals surface area contributed by atoms with E-state index < -0.39 is 17.5 Å². The van der Waals surface area contributed by atoms with Gasteiger partial charge in [-0.25, -0.2) is 8.78 Å². The SMILES string of the molecule is O=C(Nc1ccc2c(c1)OCCO2)c1cc(Nc2ccc(F)c(F)c2)ccn1. The second kappa shape index (κ2) is 7.51. The molecule has 1 amide bonds. The summed E-state index contributed by atoms with van der Waals surface area (Å²) >= 11 is 0. The molecule has 0 saturated carbocycles. The summed E-state index contributed by atoms with van der Waals surface area (Å²) in [6.07, 6.45) is 1.45. The molecule has 0 atom stereocenters. The lowest BCUT2D eigenvalue weighted by molar-refractivity contribution is 0.102. The van der Waals surface area contributed by atoms with Crippen LogP contribution in [0.2, 0.25) is 0 Å². The zero-order valence-corrected chi connectivity index (χ0v) is 14.5. The molecule has 3 aromatic rings. The smallest absolute Gasteiger partial charge is 0.274 e. The molecule has 0 radical (unpaired) electrons. The predicted molar refractivity (Wildman–Crippen MR) is 99.3 cm³/mol. The summed E-state index contributed by atoms with van der Waals surface area (Å²) in [6.45, 7) is 0.935. The summed E-state index contributed by atoms with van der Waals surface area (Å²) in [5.41, 5.74) is 1.55. The lowest BCUT2D eigenvalue weighted by atomic mass is 10.2. The van der Waals surface area contributed by atoms with Gasteiger partial charge in [-0.15, -0.1) is 0 Å². The molecule has 0 saturated heterocycles. The van der Waals surface area contributed by atoms with Crippen LogP contribution in [0, 0.1) is 11.6 Å². The van der Waals surface area contributed by atoms with Crippen molar-refractivity contribution < 1.29 is 23.0 Å².